The van der Waals surface area contributed by atoms with Gasteiger partial charge < -0.3 is 10.1 Å². The van der Waals surface area contributed by atoms with Crippen molar-refractivity contribution in [1.82, 2.24) is 9.62 Å². The van der Waals surface area contributed by atoms with Crippen LogP contribution in [0, 0.1) is 11.6 Å². The molecule has 1 amide bonds. The first-order valence-corrected chi connectivity index (χ1v) is 11.3. The predicted octanol–water partition coefficient (Wildman–Crippen LogP) is 2.66. The number of rotatable bonds is 7. The van der Waals surface area contributed by atoms with E-state index in [4.69, 9.17) is 4.74 Å². The van der Waals surface area contributed by atoms with Crippen LogP contribution >= 0.6 is 0 Å². The minimum absolute atomic E-state index is 0.0861. The molecule has 0 aromatic heterocycles. The maximum absolute atomic E-state index is 13.5. The van der Waals surface area contributed by atoms with Crippen LogP contribution in [0.3, 0.4) is 0 Å². The highest BCUT2D eigenvalue weighted by molar-refractivity contribution is 7.89. The molecule has 2 N–H and O–H groups in total. The summed E-state index contributed by atoms with van der Waals surface area (Å²) in [6.07, 6.45) is 0. The van der Waals surface area contributed by atoms with E-state index in [1.165, 1.54) is 22.5 Å². The fraction of sp³-hybridized carbons (Fsp3) is 0.381. The van der Waals surface area contributed by atoms with Crippen molar-refractivity contribution in [1.29, 1.82) is 0 Å². The third kappa shape index (κ3) is 5.65. The Balaban J connectivity index is 1.65. The molecule has 0 bridgehead atoms. The average Bonchev–Trinajstić information content (AvgIpc) is 2.76. The summed E-state index contributed by atoms with van der Waals surface area (Å²) in [6, 6.07) is 8.52. The molecule has 168 valence electrons. The number of halogens is 2. The number of anilines is 1. The maximum atomic E-state index is 13.5. The SMILES string of the molecule is C[C@H](N[C@H](C)C(=O)Nc1cccc(S(=O)(=O)N2CCOCC2)c1)c1ccc(F)c(F)c1. The van der Waals surface area contributed by atoms with E-state index in [0.717, 1.165) is 12.1 Å². The van der Waals surface area contributed by atoms with Crippen LogP contribution < -0.4 is 10.6 Å². The van der Waals surface area contributed by atoms with Gasteiger partial charge in [0.25, 0.3) is 0 Å². The maximum Gasteiger partial charge on any atom is 0.243 e. The van der Waals surface area contributed by atoms with E-state index in [1.807, 2.05) is 0 Å². The first-order chi connectivity index (χ1) is 14.7. The molecule has 1 heterocycles. The first kappa shape index (κ1) is 23.3. The van der Waals surface area contributed by atoms with Gasteiger partial charge in [0.1, 0.15) is 0 Å². The second kappa shape index (κ2) is 9.82. The Morgan fingerprint density at radius 1 is 1.06 bits per heavy atom. The smallest absolute Gasteiger partial charge is 0.243 e. The Morgan fingerprint density at radius 3 is 2.45 bits per heavy atom. The third-order valence-corrected chi connectivity index (χ3v) is 6.94. The zero-order valence-electron chi connectivity index (χ0n) is 17.3. The van der Waals surface area contributed by atoms with E-state index >= 15 is 0 Å². The van der Waals surface area contributed by atoms with Crippen LogP contribution in [0.2, 0.25) is 0 Å². The number of amides is 1. The number of sulfonamides is 1. The highest BCUT2D eigenvalue weighted by Crippen LogP contribution is 2.21. The lowest BCUT2D eigenvalue weighted by molar-refractivity contribution is -0.117. The molecule has 2 aromatic rings. The molecule has 1 aliphatic rings. The molecule has 0 unspecified atom stereocenters. The molecule has 0 spiro atoms. The van der Waals surface area contributed by atoms with Crippen molar-refractivity contribution < 1.29 is 26.7 Å². The summed E-state index contributed by atoms with van der Waals surface area (Å²) in [4.78, 5) is 12.7. The number of carbonyl (C=O) groups excluding carboxylic acids is 1. The number of benzene rings is 2. The third-order valence-electron chi connectivity index (χ3n) is 5.05. The highest BCUT2D eigenvalue weighted by atomic mass is 32.2. The lowest BCUT2D eigenvalue weighted by Gasteiger charge is -2.26. The van der Waals surface area contributed by atoms with Crippen LogP contribution in [0.1, 0.15) is 25.5 Å². The molecule has 7 nitrogen and oxygen atoms in total. The first-order valence-electron chi connectivity index (χ1n) is 9.88. The van der Waals surface area contributed by atoms with Gasteiger partial charge in [0.2, 0.25) is 15.9 Å². The predicted molar refractivity (Wildman–Crippen MR) is 112 cm³/mol. The lowest BCUT2D eigenvalue weighted by atomic mass is 10.1. The lowest BCUT2D eigenvalue weighted by Crippen LogP contribution is -2.40. The van der Waals surface area contributed by atoms with Crippen molar-refractivity contribution in [3.63, 3.8) is 0 Å². The van der Waals surface area contributed by atoms with E-state index in [0.29, 0.717) is 24.5 Å². The molecule has 0 aliphatic carbocycles. The van der Waals surface area contributed by atoms with Crippen LogP contribution in [0.25, 0.3) is 0 Å². The summed E-state index contributed by atoms with van der Waals surface area (Å²) in [5, 5.41) is 5.71. The van der Waals surface area contributed by atoms with Crippen LogP contribution in [-0.4, -0.2) is 51.0 Å². The van der Waals surface area contributed by atoms with Gasteiger partial charge >= 0.3 is 0 Å². The molecule has 1 aliphatic heterocycles. The fourth-order valence-corrected chi connectivity index (χ4v) is 4.70. The quantitative estimate of drug-likeness (QED) is 0.673. The second-order valence-corrected chi connectivity index (χ2v) is 9.26. The summed E-state index contributed by atoms with van der Waals surface area (Å²) < 4.78 is 58.7. The minimum Gasteiger partial charge on any atom is -0.379 e. The van der Waals surface area contributed by atoms with Crippen molar-refractivity contribution in [2.24, 2.45) is 0 Å². The molecular weight excluding hydrogens is 428 g/mol. The van der Waals surface area contributed by atoms with Gasteiger partial charge in [-0.2, -0.15) is 4.31 Å². The Bertz CT molecular complexity index is 1040. The second-order valence-electron chi connectivity index (χ2n) is 7.32. The van der Waals surface area contributed by atoms with Gasteiger partial charge in [0, 0.05) is 24.8 Å². The fourth-order valence-electron chi connectivity index (χ4n) is 3.25. The van der Waals surface area contributed by atoms with Crippen LogP contribution in [0.5, 0.6) is 0 Å². The zero-order chi connectivity index (χ0) is 22.6. The van der Waals surface area contributed by atoms with Crippen molar-refractivity contribution >= 4 is 21.6 Å². The number of nitrogens with one attached hydrogen (secondary N) is 2. The van der Waals surface area contributed by atoms with Crippen LogP contribution in [0.15, 0.2) is 47.4 Å². The molecule has 0 saturated carbocycles. The molecule has 31 heavy (non-hydrogen) atoms. The van der Waals surface area contributed by atoms with Gasteiger partial charge in [0.05, 0.1) is 24.2 Å². The van der Waals surface area contributed by atoms with Gasteiger partial charge in [0.15, 0.2) is 11.6 Å². The highest BCUT2D eigenvalue weighted by Gasteiger charge is 2.26. The molecule has 1 fully saturated rings. The summed E-state index contributed by atoms with van der Waals surface area (Å²) in [5.74, 6) is -2.29. The Morgan fingerprint density at radius 2 is 1.77 bits per heavy atom. The molecule has 10 heteroatoms. The number of carbonyl (C=O) groups is 1. The Hall–Kier alpha value is -2.40. The average molecular weight is 454 g/mol. The summed E-state index contributed by atoms with van der Waals surface area (Å²) >= 11 is 0. The van der Waals surface area contributed by atoms with Crippen molar-refractivity contribution in [3.05, 3.63) is 59.7 Å². The summed E-state index contributed by atoms with van der Waals surface area (Å²) in [7, 11) is -3.68. The van der Waals surface area contributed by atoms with Crippen molar-refractivity contribution in [2.45, 2.75) is 30.8 Å². The van der Waals surface area contributed by atoms with E-state index in [9.17, 15) is 22.0 Å². The molecule has 3 rings (SSSR count). The topological polar surface area (TPSA) is 87.7 Å². The van der Waals surface area contributed by atoms with E-state index < -0.39 is 39.6 Å². The van der Waals surface area contributed by atoms with Gasteiger partial charge in [-0.3, -0.25) is 10.1 Å². The molecule has 2 atom stereocenters. The number of morpholine rings is 1. The largest absolute Gasteiger partial charge is 0.379 e. The van der Waals surface area contributed by atoms with Gasteiger partial charge in [-0.1, -0.05) is 12.1 Å². The number of ether oxygens (including phenoxy) is 1. The van der Waals surface area contributed by atoms with Crippen LogP contribution in [-0.2, 0) is 19.6 Å². The zero-order valence-corrected chi connectivity index (χ0v) is 18.1. The molecular formula is C21H25F2N3O4S. The van der Waals surface area contributed by atoms with E-state index in [1.54, 1.807) is 26.0 Å². The molecule has 2 aromatic carbocycles. The Labute approximate surface area is 180 Å². The molecule has 0 radical (unpaired) electrons. The van der Waals surface area contributed by atoms with E-state index in [2.05, 4.69) is 10.6 Å². The van der Waals surface area contributed by atoms with E-state index in [-0.39, 0.29) is 18.0 Å². The summed E-state index contributed by atoms with van der Waals surface area (Å²) in [5.41, 5.74) is 0.839. The standard InChI is InChI=1S/C21H25F2N3O4S/c1-14(16-6-7-19(22)20(23)12-16)24-15(2)21(27)25-17-4-3-5-18(13-17)31(28,29)26-8-10-30-11-9-26/h3-7,12-15,24H,8-11H2,1-2H3,(H,25,27)/t14-,15+/m0/s1. The minimum atomic E-state index is -3.68. The van der Waals surface area contributed by atoms with Crippen LogP contribution in [0.4, 0.5) is 14.5 Å². The van der Waals surface area contributed by atoms with Gasteiger partial charge in [-0.25, -0.2) is 17.2 Å². The monoisotopic (exact) mass is 453 g/mol. The Kier molecular flexibility index (Phi) is 7.37. The van der Waals surface area contributed by atoms with Crippen molar-refractivity contribution in [3.8, 4) is 0 Å². The summed E-state index contributed by atoms with van der Waals surface area (Å²) in [6.45, 7) is 4.60. The van der Waals surface area contributed by atoms with Gasteiger partial charge in [-0.15, -0.1) is 0 Å². The number of hydrogen-bond acceptors (Lipinski definition) is 5. The number of hydrogen-bond donors (Lipinski definition) is 2. The number of nitrogens with zero attached hydrogens (tertiary/aromatic N) is 1. The van der Waals surface area contributed by atoms with Gasteiger partial charge in [-0.05, 0) is 49.7 Å². The normalized spacial score (nSPS) is 17.2. The molecule has 1 saturated heterocycles. The van der Waals surface area contributed by atoms with Crippen molar-refractivity contribution in [2.75, 3.05) is 31.6 Å².